The number of hydrogen-bond donors (Lipinski definition) is 1. The summed E-state index contributed by atoms with van der Waals surface area (Å²) in [6.07, 6.45) is 4.10. The van der Waals surface area contributed by atoms with Gasteiger partial charge in [0.05, 0.1) is 11.4 Å². The first-order valence-electron chi connectivity index (χ1n) is 6.38. The molecule has 0 aliphatic carbocycles. The zero-order chi connectivity index (χ0) is 16.0. The van der Waals surface area contributed by atoms with Gasteiger partial charge in [-0.15, -0.1) is 0 Å². The Bertz CT molecular complexity index is 782. The molecule has 1 aromatic heterocycles. The van der Waals surface area contributed by atoms with Crippen molar-refractivity contribution >= 4 is 15.7 Å². The summed E-state index contributed by atoms with van der Waals surface area (Å²) in [6.45, 7) is 0.765. The second-order valence-electron chi connectivity index (χ2n) is 4.38. The number of anilines is 1. The minimum Gasteiger partial charge on any atom is -0.492 e. The van der Waals surface area contributed by atoms with Gasteiger partial charge in [-0.05, 0) is 24.3 Å². The van der Waals surface area contributed by atoms with Crippen molar-refractivity contribution in [2.45, 2.75) is 4.90 Å². The summed E-state index contributed by atoms with van der Waals surface area (Å²) in [5.74, 6) is 0.967. The number of nitrogens with one attached hydrogen (secondary N) is 1. The van der Waals surface area contributed by atoms with Crippen LogP contribution in [0, 0.1) is 11.3 Å². The molecule has 2 aromatic rings. The third-order valence-electron chi connectivity index (χ3n) is 2.72. The first-order chi connectivity index (χ1) is 10.5. The van der Waals surface area contributed by atoms with Crippen LogP contribution in [0.3, 0.4) is 0 Å². The lowest BCUT2D eigenvalue weighted by Crippen LogP contribution is -2.13. The number of aromatic nitrogens is 2. The first kappa shape index (κ1) is 15.7. The lowest BCUT2D eigenvalue weighted by Gasteiger charge is -2.08. The van der Waals surface area contributed by atoms with Crippen LogP contribution in [-0.4, -0.2) is 37.8 Å². The molecule has 1 N–H and O–H groups in total. The first-order valence-corrected chi connectivity index (χ1v) is 8.28. The second kappa shape index (κ2) is 6.87. The van der Waals surface area contributed by atoms with E-state index in [1.165, 1.54) is 24.5 Å². The van der Waals surface area contributed by atoms with E-state index in [9.17, 15) is 8.42 Å². The highest BCUT2D eigenvalue weighted by Crippen LogP contribution is 2.15. The molecule has 1 heterocycles. The van der Waals surface area contributed by atoms with Crippen LogP contribution >= 0.6 is 0 Å². The number of sulfone groups is 1. The lowest BCUT2D eigenvalue weighted by molar-refractivity contribution is 0.332. The molecule has 0 bridgehead atoms. The summed E-state index contributed by atoms with van der Waals surface area (Å²) in [5, 5.41) is 11.8. The molecular formula is C14H14N4O3S. The Labute approximate surface area is 128 Å². The Morgan fingerprint density at radius 2 is 1.91 bits per heavy atom. The van der Waals surface area contributed by atoms with Gasteiger partial charge in [0.15, 0.2) is 21.3 Å². The smallest absolute Gasteiger partial charge is 0.182 e. The third kappa shape index (κ3) is 4.17. The molecule has 7 nitrogen and oxygen atoms in total. The maximum atomic E-state index is 11.3. The van der Waals surface area contributed by atoms with Gasteiger partial charge >= 0.3 is 0 Å². The van der Waals surface area contributed by atoms with E-state index < -0.39 is 9.84 Å². The molecule has 0 fully saturated rings. The predicted octanol–water partition coefficient (Wildman–Crippen LogP) is 1.24. The van der Waals surface area contributed by atoms with Gasteiger partial charge in [-0.25, -0.2) is 18.4 Å². The summed E-state index contributed by atoms with van der Waals surface area (Å²) in [7, 11) is -3.20. The van der Waals surface area contributed by atoms with E-state index in [0.29, 0.717) is 24.7 Å². The highest BCUT2D eigenvalue weighted by molar-refractivity contribution is 7.90. The van der Waals surface area contributed by atoms with Crippen LogP contribution in [0.2, 0.25) is 0 Å². The topological polar surface area (TPSA) is 105 Å². The Kier molecular flexibility index (Phi) is 4.91. The highest BCUT2D eigenvalue weighted by atomic mass is 32.2. The summed E-state index contributed by atoms with van der Waals surface area (Å²) in [5.41, 5.74) is 0.222. The van der Waals surface area contributed by atoms with Gasteiger partial charge in [-0.1, -0.05) is 0 Å². The van der Waals surface area contributed by atoms with E-state index in [-0.39, 0.29) is 10.6 Å². The number of nitrogens with zero attached hydrogens (tertiary/aromatic N) is 3. The summed E-state index contributed by atoms with van der Waals surface area (Å²) in [4.78, 5) is 8.14. The van der Waals surface area contributed by atoms with Crippen molar-refractivity contribution in [1.29, 1.82) is 5.26 Å². The van der Waals surface area contributed by atoms with Gasteiger partial charge in [-0.2, -0.15) is 5.26 Å². The summed E-state index contributed by atoms with van der Waals surface area (Å²) >= 11 is 0. The van der Waals surface area contributed by atoms with Crippen LogP contribution in [-0.2, 0) is 9.84 Å². The molecule has 0 saturated carbocycles. The standard InChI is InChI=1S/C14H14N4O3S/c1-22(19,20)12-4-2-11(3-5-12)21-9-8-18-14-13(10-15)16-6-7-17-14/h2-7H,8-9H2,1H3,(H,17,18). The van der Waals surface area contributed by atoms with Gasteiger partial charge in [0.25, 0.3) is 0 Å². The lowest BCUT2D eigenvalue weighted by atomic mass is 10.3. The molecule has 8 heteroatoms. The predicted molar refractivity (Wildman–Crippen MR) is 80.3 cm³/mol. The third-order valence-corrected chi connectivity index (χ3v) is 3.85. The molecular weight excluding hydrogens is 304 g/mol. The molecule has 1 aromatic carbocycles. The quantitative estimate of drug-likeness (QED) is 0.799. The molecule has 0 amide bonds. The van der Waals surface area contributed by atoms with Gasteiger partial charge in [0.1, 0.15) is 18.4 Å². The average Bonchev–Trinajstić information content (AvgIpc) is 2.51. The SMILES string of the molecule is CS(=O)(=O)c1ccc(OCCNc2nccnc2C#N)cc1. The fraction of sp³-hybridized carbons (Fsp3) is 0.214. The minimum absolute atomic E-state index is 0.222. The van der Waals surface area contributed by atoms with Crippen molar-refractivity contribution in [1.82, 2.24) is 9.97 Å². The van der Waals surface area contributed by atoms with Crippen LogP contribution in [0.1, 0.15) is 5.69 Å². The Morgan fingerprint density at radius 3 is 2.55 bits per heavy atom. The molecule has 0 aliphatic heterocycles. The highest BCUT2D eigenvalue weighted by Gasteiger charge is 2.06. The molecule has 0 saturated heterocycles. The maximum Gasteiger partial charge on any atom is 0.182 e. The van der Waals surface area contributed by atoms with Crippen LogP contribution < -0.4 is 10.1 Å². The van der Waals surface area contributed by atoms with E-state index in [0.717, 1.165) is 6.26 Å². The zero-order valence-electron chi connectivity index (χ0n) is 11.9. The van der Waals surface area contributed by atoms with Crippen molar-refractivity contribution in [3.63, 3.8) is 0 Å². The second-order valence-corrected chi connectivity index (χ2v) is 6.40. The van der Waals surface area contributed by atoms with Crippen LogP contribution in [0.4, 0.5) is 5.82 Å². The van der Waals surface area contributed by atoms with Crippen molar-refractivity contribution < 1.29 is 13.2 Å². The van der Waals surface area contributed by atoms with Crippen LogP contribution in [0.15, 0.2) is 41.6 Å². The van der Waals surface area contributed by atoms with Gasteiger partial charge in [0, 0.05) is 18.6 Å². The van der Waals surface area contributed by atoms with E-state index in [2.05, 4.69) is 15.3 Å². The number of benzene rings is 1. The van der Waals surface area contributed by atoms with Crippen molar-refractivity contribution in [2.24, 2.45) is 0 Å². The van der Waals surface area contributed by atoms with Crippen molar-refractivity contribution in [3.05, 3.63) is 42.4 Å². The monoisotopic (exact) mass is 318 g/mol. The number of rotatable bonds is 6. The molecule has 0 atom stereocenters. The van der Waals surface area contributed by atoms with E-state index in [4.69, 9.17) is 10.00 Å². The largest absolute Gasteiger partial charge is 0.492 e. The molecule has 0 radical (unpaired) electrons. The van der Waals surface area contributed by atoms with Gasteiger partial charge < -0.3 is 10.1 Å². The number of hydrogen-bond acceptors (Lipinski definition) is 7. The molecule has 0 aliphatic rings. The summed E-state index contributed by atoms with van der Waals surface area (Å²) < 4.78 is 28.1. The summed E-state index contributed by atoms with van der Waals surface area (Å²) in [6, 6.07) is 8.12. The molecule has 114 valence electrons. The fourth-order valence-electron chi connectivity index (χ4n) is 1.67. The minimum atomic E-state index is -3.20. The molecule has 0 spiro atoms. The fourth-order valence-corrected chi connectivity index (χ4v) is 2.30. The normalized spacial score (nSPS) is 10.7. The maximum absolute atomic E-state index is 11.3. The van der Waals surface area contributed by atoms with E-state index in [1.54, 1.807) is 12.1 Å². The Morgan fingerprint density at radius 1 is 1.23 bits per heavy atom. The number of ether oxygens (including phenoxy) is 1. The van der Waals surface area contributed by atoms with Gasteiger partial charge in [0.2, 0.25) is 0 Å². The van der Waals surface area contributed by atoms with Crippen molar-refractivity contribution in [2.75, 3.05) is 24.7 Å². The number of nitriles is 1. The van der Waals surface area contributed by atoms with Crippen LogP contribution in [0.25, 0.3) is 0 Å². The van der Waals surface area contributed by atoms with E-state index >= 15 is 0 Å². The van der Waals surface area contributed by atoms with E-state index in [1.807, 2.05) is 6.07 Å². The van der Waals surface area contributed by atoms with Crippen molar-refractivity contribution in [3.8, 4) is 11.8 Å². The van der Waals surface area contributed by atoms with Crippen LogP contribution in [0.5, 0.6) is 5.75 Å². The zero-order valence-corrected chi connectivity index (χ0v) is 12.7. The molecule has 2 rings (SSSR count). The van der Waals surface area contributed by atoms with Gasteiger partial charge in [-0.3, -0.25) is 0 Å². The average molecular weight is 318 g/mol. The molecule has 0 unspecified atom stereocenters. The Balaban J connectivity index is 1.86. The Hall–Kier alpha value is -2.66. The molecule has 22 heavy (non-hydrogen) atoms.